The van der Waals surface area contributed by atoms with E-state index in [2.05, 4.69) is 16.6 Å². The summed E-state index contributed by atoms with van der Waals surface area (Å²) >= 11 is 0. The van der Waals surface area contributed by atoms with E-state index in [0.717, 1.165) is 13.0 Å². The van der Waals surface area contributed by atoms with Gasteiger partial charge in [-0.2, -0.15) is 0 Å². The molecule has 0 bridgehead atoms. The third kappa shape index (κ3) is 3.77. The van der Waals surface area contributed by atoms with Gasteiger partial charge >= 0.3 is 0 Å². The second-order valence-electron chi connectivity index (χ2n) is 3.16. The molecule has 1 rings (SSSR count). The standard InChI is InChI=1S/C10H16N2O2/c1-2-3-4-5-12-10(13)9-8-11-6-7-14-9/h1,9,11H,3-8H2,(H,12,13). The molecule has 2 N–H and O–H groups in total. The highest BCUT2D eigenvalue weighted by Gasteiger charge is 2.20. The van der Waals surface area contributed by atoms with E-state index >= 15 is 0 Å². The van der Waals surface area contributed by atoms with Crippen LogP contribution in [0, 0.1) is 12.3 Å². The first-order valence-electron chi connectivity index (χ1n) is 4.88. The fourth-order valence-electron chi connectivity index (χ4n) is 1.25. The molecule has 0 spiro atoms. The number of terminal acetylenes is 1. The van der Waals surface area contributed by atoms with Gasteiger partial charge in [0.25, 0.3) is 0 Å². The summed E-state index contributed by atoms with van der Waals surface area (Å²) in [6, 6.07) is 0. The minimum absolute atomic E-state index is 0.0470. The van der Waals surface area contributed by atoms with Gasteiger partial charge in [0.05, 0.1) is 6.61 Å². The summed E-state index contributed by atoms with van der Waals surface area (Å²) in [5.74, 6) is 2.48. The second kappa shape index (κ2) is 6.41. The Kier molecular flexibility index (Phi) is 5.05. The van der Waals surface area contributed by atoms with Crippen molar-refractivity contribution in [1.82, 2.24) is 10.6 Å². The normalized spacial score (nSPS) is 21.2. The van der Waals surface area contributed by atoms with Gasteiger partial charge in [-0.25, -0.2) is 0 Å². The van der Waals surface area contributed by atoms with Gasteiger partial charge in [-0.1, -0.05) is 0 Å². The number of ether oxygens (including phenoxy) is 1. The van der Waals surface area contributed by atoms with Crippen LogP contribution in [0.4, 0.5) is 0 Å². The molecule has 0 radical (unpaired) electrons. The maximum absolute atomic E-state index is 11.4. The molecule has 0 aromatic carbocycles. The molecule has 1 heterocycles. The number of carbonyl (C=O) groups excluding carboxylic acids is 1. The summed E-state index contributed by atoms with van der Waals surface area (Å²) in [5.41, 5.74) is 0. The van der Waals surface area contributed by atoms with Crippen molar-refractivity contribution in [2.45, 2.75) is 18.9 Å². The summed E-state index contributed by atoms with van der Waals surface area (Å²) in [6.45, 7) is 2.65. The molecule has 78 valence electrons. The van der Waals surface area contributed by atoms with Gasteiger partial charge in [0.2, 0.25) is 5.91 Å². The number of rotatable bonds is 4. The van der Waals surface area contributed by atoms with Crippen LogP contribution in [0.1, 0.15) is 12.8 Å². The van der Waals surface area contributed by atoms with Crippen molar-refractivity contribution in [3.8, 4) is 12.3 Å². The zero-order valence-electron chi connectivity index (χ0n) is 8.21. The van der Waals surface area contributed by atoms with Crippen molar-refractivity contribution >= 4 is 5.91 Å². The quantitative estimate of drug-likeness (QED) is 0.471. The van der Waals surface area contributed by atoms with Gasteiger partial charge in [0.1, 0.15) is 6.10 Å². The largest absolute Gasteiger partial charge is 0.366 e. The van der Waals surface area contributed by atoms with Crippen LogP contribution in [0.5, 0.6) is 0 Å². The van der Waals surface area contributed by atoms with Crippen LogP contribution in [0.2, 0.25) is 0 Å². The number of hydrogen-bond acceptors (Lipinski definition) is 3. The van der Waals surface area contributed by atoms with E-state index in [1.54, 1.807) is 0 Å². The molecule has 0 aromatic heterocycles. The van der Waals surface area contributed by atoms with E-state index in [0.29, 0.717) is 26.1 Å². The van der Waals surface area contributed by atoms with E-state index in [9.17, 15) is 4.79 Å². The van der Waals surface area contributed by atoms with E-state index in [1.807, 2.05) is 0 Å². The Morgan fingerprint density at radius 3 is 3.21 bits per heavy atom. The lowest BCUT2D eigenvalue weighted by Gasteiger charge is -2.22. The first kappa shape index (κ1) is 11.0. The molecule has 1 saturated heterocycles. The predicted molar refractivity (Wildman–Crippen MR) is 53.7 cm³/mol. The summed E-state index contributed by atoms with van der Waals surface area (Å²) in [5, 5.41) is 5.89. The van der Waals surface area contributed by atoms with E-state index in [4.69, 9.17) is 11.2 Å². The summed E-state index contributed by atoms with van der Waals surface area (Å²) in [4.78, 5) is 11.4. The number of morpholine rings is 1. The molecule has 0 aromatic rings. The molecule has 1 amide bonds. The number of nitrogens with one attached hydrogen (secondary N) is 2. The Labute approximate surface area is 84.4 Å². The predicted octanol–water partition coefficient (Wildman–Crippen LogP) is -0.496. The van der Waals surface area contributed by atoms with Crippen molar-refractivity contribution in [1.29, 1.82) is 0 Å². The van der Waals surface area contributed by atoms with Crippen molar-refractivity contribution in [2.24, 2.45) is 0 Å². The smallest absolute Gasteiger partial charge is 0.250 e. The number of unbranched alkanes of at least 4 members (excludes halogenated alkanes) is 1. The first-order valence-corrected chi connectivity index (χ1v) is 4.88. The van der Waals surface area contributed by atoms with Gasteiger partial charge in [-0.3, -0.25) is 4.79 Å². The second-order valence-corrected chi connectivity index (χ2v) is 3.16. The summed E-state index contributed by atoms with van der Waals surface area (Å²) in [7, 11) is 0. The Morgan fingerprint density at radius 1 is 1.71 bits per heavy atom. The zero-order chi connectivity index (χ0) is 10.2. The van der Waals surface area contributed by atoms with E-state index in [-0.39, 0.29) is 12.0 Å². The van der Waals surface area contributed by atoms with Gasteiger partial charge < -0.3 is 15.4 Å². The van der Waals surface area contributed by atoms with Crippen molar-refractivity contribution in [3.63, 3.8) is 0 Å². The Morgan fingerprint density at radius 2 is 2.57 bits per heavy atom. The topological polar surface area (TPSA) is 50.4 Å². The Bertz CT molecular complexity index is 217. The van der Waals surface area contributed by atoms with Crippen LogP contribution in [0.3, 0.4) is 0 Å². The molecule has 0 aliphatic carbocycles. The molecule has 1 unspecified atom stereocenters. The fourth-order valence-corrected chi connectivity index (χ4v) is 1.25. The van der Waals surface area contributed by atoms with Crippen LogP contribution >= 0.6 is 0 Å². The molecule has 14 heavy (non-hydrogen) atoms. The average molecular weight is 196 g/mol. The molecule has 1 fully saturated rings. The van der Waals surface area contributed by atoms with Gasteiger partial charge in [0, 0.05) is 26.1 Å². The molecule has 1 aliphatic heterocycles. The third-order valence-electron chi connectivity index (χ3n) is 2.02. The average Bonchev–Trinajstić information content (AvgIpc) is 2.25. The van der Waals surface area contributed by atoms with Crippen molar-refractivity contribution < 1.29 is 9.53 Å². The number of carbonyl (C=O) groups is 1. The highest BCUT2D eigenvalue weighted by atomic mass is 16.5. The lowest BCUT2D eigenvalue weighted by molar-refractivity contribution is -0.134. The van der Waals surface area contributed by atoms with Crippen LogP contribution in [-0.2, 0) is 9.53 Å². The molecular formula is C10H16N2O2. The molecule has 4 heteroatoms. The lowest BCUT2D eigenvalue weighted by atomic mass is 10.2. The molecular weight excluding hydrogens is 180 g/mol. The Hall–Kier alpha value is -1.05. The molecule has 4 nitrogen and oxygen atoms in total. The van der Waals surface area contributed by atoms with Crippen LogP contribution in [0.25, 0.3) is 0 Å². The maximum Gasteiger partial charge on any atom is 0.250 e. The third-order valence-corrected chi connectivity index (χ3v) is 2.02. The SMILES string of the molecule is C#CCCCNC(=O)C1CNCCO1. The lowest BCUT2D eigenvalue weighted by Crippen LogP contribution is -2.48. The fraction of sp³-hybridized carbons (Fsp3) is 0.700. The summed E-state index contributed by atoms with van der Waals surface area (Å²) in [6.07, 6.45) is 6.27. The van der Waals surface area contributed by atoms with E-state index in [1.165, 1.54) is 0 Å². The zero-order valence-corrected chi connectivity index (χ0v) is 8.21. The van der Waals surface area contributed by atoms with Crippen LogP contribution in [-0.4, -0.2) is 38.3 Å². The van der Waals surface area contributed by atoms with Gasteiger partial charge in [0.15, 0.2) is 0 Å². The first-order chi connectivity index (χ1) is 6.84. The van der Waals surface area contributed by atoms with Crippen molar-refractivity contribution in [3.05, 3.63) is 0 Å². The molecule has 0 saturated carbocycles. The van der Waals surface area contributed by atoms with Crippen LogP contribution < -0.4 is 10.6 Å². The van der Waals surface area contributed by atoms with Crippen molar-refractivity contribution in [2.75, 3.05) is 26.2 Å². The molecule has 1 aliphatic rings. The minimum Gasteiger partial charge on any atom is -0.366 e. The summed E-state index contributed by atoms with van der Waals surface area (Å²) < 4.78 is 5.28. The minimum atomic E-state index is -0.338. The highest BCUT2D eigenvalue weighted by Crippen LogP contribution is 1.95. The highest BCUT2D eigenvalue weighted by molar-refractivity contribution is 5.81. The molecule has 1 atom stereocenters. The maximum atomic E-state index is 11.4. The Balaban J connectivity index is 2.11. The number of hydrogen-bond donors (Lipinski definition) is 2. The number of amides is 1. The van der Waals surface area contributed by atoms with Gasteiger partial charge in [-0.15, -0.1) is 12.3 Å². The van der Waals surface area contributed by atoms with Crippen LogP contribution in [0.15, 0.2) is 0 Å². The van der Waals surface area contributed by atoms with Gasteiger partial charge in [-0.05, 0) is 6.42 Å². The van der Waals surface area contributed by atoms with E-state index < -0.39 is 0 Å². The monoisotopic (exact) mass is 196 g/mol.